The Balaban J connectivity index is 2.00. The average Bonchev–Trinajstić information content (AvgIpc) is 2.86. The molecule has 6 nitrogen and oxygen atoms in total. The third kappa shape index (κ3) is 3.46. The van der Waals surface area contributed by atoms with Crippen molar-refractivity contribution in [3.05, 3.63) is 35.9 Å². The smallest absolute Gasteiger partial charge is 0.132 e. The number of nitrogens with one attached hydrogen (secondary N) is 3. The number of anilines is 2. The highest BCUT2D eigenvalue weighted by Gasteiger charge is 2.01. The predicted molar refractivity (Wildman–Crippen MR) is 72.4 cm³/mol. The first-order valence-electron chi connectivity index (χ1n) is 5.93. The maximum absolute atomic E-state index is 5.45. The predicted octanol–water partition coefficient (Wildman–Crippen LogP) is 1.10. The quantitative estimate of drug-likeness (QED) is 0.612. The molecule has 0 amide bonds. The van der Waals surface area contributed by atoms with E-state index in [0.29, 0.717) is 19.6 Å². The Kier molecular flexibility index (Phi) is 4.14. The number of nitrogens with two attached hydrogens (primary N) is 1. The number of aromatic amines is 1. The Labute approximate surface area is 106 Å². The lowest BCUT2D eigenvalue weighted by atomic mass is 10.4. The minimum atomic E-state index is 0.578. The first-order chi connectivity index (χ1) is 8.78. The van der Waals surface area contributed by atoms with Crippen LogP contribution in [0.15, 0.2) is 24.4 Å². The van der Waals surface area contributed by atoms with Crippen molar-refractivity contribution in [2.24, 2.45) is 5.73 Å². The number of rotatable bonds is 6. The number of aromatic nitrogens is 3. The van der Waals surface area contributed by atoms with E-state index in [9.17, 15) is 0 Å². The first kappa shape index (κ1) is 12.4. The second kappa shape index (κ2) is 6.02. The molecule has 96 valence electrons. The number of H-pyrrole nitrogens is 1. The Morgan fingerprint density at radius 3 is 2.72 bits per heavy atom. The molecule has 0 aliphatic heterocycles. The summed E-state index contributed by atoms with van der Waals surface area (Å²) in [7, 11) is 0. The van der Waals surface area contributed by atoms with Crippen LogP contribution in [0.5, 0.6) is 0 Å². The highest BCUT2D eigenvalue weighted by molar-refractivity contribution is 5.47. The lowest BCUT2D eigenvalue weighted by Crippen LogP contribution is -2.14. The van der Waals surface area contributed by atoms with Crippen LogP contribution in [0.4, 0.5) is 11.6 Å². The number of hydrogen-bond acceptors (Lipinski definition) is 5. The van der Waals surface area contributed by atoms with Gasteiger partial charge in [0.2, 0.25) is 0 Å². The molecule has 6 heteroatoms. The third-order valence-corrected chi connectivity index (χ3v) is 2.41. The monoisotopic (exact) mass is 246 g/mol. The Morgan fingerprint density at radius 1 is 1.28 bits per heavy atom. The summed E-state index contributed by atoms with van der Waals surface area (Å²) in [6.07, 6.45) is 1.90. The molecule has 2 aromatic heterocycles. The van der Waals surface area contributed by atoms with Gasteiger partial charge in [-0.05, 0) is 19.1 Å². The van der Waals surface area contributed by atoms with Gasteiger partial charge in [-0.2, -0.15) is 0 Å². The fourth-order valence-electron chi connectivity index (χ4n) is 1.61. The number of aryl methyl sites for hydroxylation is 1. The van der Waals surface area contributed by atoms with Crippen LogP contribution in [0.25, 0.3) is 0 Å². The van der Waals surface area contributed by atoms with E-state index >= 15 is 0 Å². The van der Waals surface area contributed by atoms with Crippen LogP contribution in [-0.2, 0) is 6.54 Å². The zero-order valence-electron chi connectivity index (χ0n) is 10.4. The van der Waals surface area contributed by atoms with Crippen LogP contribution >= 0.6 is 0 Å². The zero-order chi connectivity index (χ0) is 12.8. The van der Waals surface area contributed by atoms with Crippen LogP contribution < -0.4 is 16.4 Å². The maximum Gasteiger partial charge on any atom is 0.132 e. The highest BCUT2D eigenvalue weighted by Crippen LogP contribution is 2.11. The summed E-state index contributed by atoms with van der Waals surface area (Å²) >= 11 is 0. The zero-order valence-corrected chi connectivity index (χ0v) is 10.4. The minimum Gasteiger partial charge on any atom is -0.369 e. The molecule has 2 heterocycles. The summed E-state index contributed by atoms with van der Waals surface area (Å²) in [6, 6.07) is 5.87. The lowest BCUT2D eigenvalue weighted by Gasteiger charge is -2.09. The van der Waals surface area contributed by atoms with E-state index in [1.54, 1.807) is 0 Å². The summed E-state index contributed by atoms with van der Waals surface area (Å²) in [6.45, 7) is 3.86. The van der Waals surface area contributed by atoms with Crippen molar-refractivity contribution >= 4 is 11.6 Å². The summed E-state index contributed by atoms with van der Waals surface area (Å²) in [5.41, 5.74) is 6.56. The second-order valence-electron chi connectivity index (χ2n) is 3.95. The van der Waals surface area contributed by atoms with Crippen molar-refractivity contribution in [2.45, 2.75) is 13.5 Å². The van der Waals surface area contributed by atoms with Gasteiger partial charge >= 0.3 is 0 Å². The second-order valence-corrected chi connectivity index (χ2v) is 3.95. The van der Waals surface area contributed by atoms with E-state index in [0.717, 1.165) is 23.2 Å². The molecule has 2 aromatic rings. The Morgan fingerprint density at radius 2 is 2.06 bits per heavy atom. The standard InChI is InChI=1S/C12H18N6/c1-9-17-11(15-6-4-13)7-12(18-9)16-8-10-3-2-5-14-10/h2-3,5,7,14H,4,6,8,13H2,1H3,(H2,15,16,17,18). The van der Waals surface area contributed by atoms with Gasteiger partial charge in [0.25, 0.3) is 0 Å². The molecule has 2 rings (SSSR count). The summed E-state index contributed by atoms with van der Waals surface area (Å²) in [4.78, 5) is 11.8. The van der Waals surface area contributed by atoms with Gasteiger partial charge in [-0.1, -0.05) is 0 Å². The fraction of sp³-hybridized carbons (Fsp3) is 0.333. The van der Waals surface area contributed by atoms with Crippen molar-refractivity contribution in [3.63, 3.8) is 0 Å². The molecule has 0 saturated carbocycles. The molecule has 18 heavy (non-hydrogen) atoms. The van der Waals surface area contributed by atoms with E-state index in [1.807, 2.05) is 31.3 Å². The van der Waals surface area contributed by atoms with E-state index in [2.05, 4.69) is 25.6 Å². The number of nitrogens with zero attached hydrogens (tertiary/aromatic N) is 2. The van der Waals surface area contributed by atoms with E-state index in [1.165, 1.54) is 0 Å². The molecule has 0 aliphatic rings. The van der Waals surface area contributed by atoms with Gasteiger partial charge < -0.3 is 21.4 Å². The SMILES string of the molecule is Cc1nc(NCCN)cc(NCc2ccc[nH]2)n1. The van der Waals surface area contributed by atoms with Crippen molar-refractivity contribution in [3.8, 4) is 0 Å². The molecule has 0 bridgehead atoms. The van der Waals surface area contributed by atoms with Crippen LogP contribution in [0.1, 0.15) is 11.5 Å². The van der Waals surface area contributed by atoms with Gasteiger partial charge in [-0.15, -0.1) is 0 Å². The minimum absolute atomic E-state index is 0.578. The van der Waals surface area contributed by atoms with Gasteiger partial charge in [0.1, 0.15) is 17.5 Å². The van der Waals surface area contributed by atoms with Crippen molar-refractivity contribution in [1.29, 1.82) is 0 Å². The van der Waals surface area contributed by atoms with E-state index in [4.69, 9.17) is 5.73 Å². The third-order valence-electron chi connectivity index (χ3n) is 2.41. The van der Waals surface area contributed by atoms with Gasteiger partial charge in [-0.25, -0.2) is 9.97 Å². The first-order valence-corrected chi connectivity index (χ1v) is 5.93. The molecule has 0 aliphatic carbocycles. The molecule has 0 fully saturated rings. The van der Waals surface area contributed by atoms with Gasteiger partial charge in [0, 0.05) is 31.0 Å². The van der Waals surface area contributed by atoms with Crippen LogP contribution in [0.2, 0.25) is 0 Å². The Hall–Kier alpha value is -2.08. The van der Waals surface area contributed by atoms with Crippen LogP contribution in [0.3, 0.4) is 0 Å². The Bertz CT molecular complexity index is 479. The van der Waals surface area contributed by atoms with Crippen molar-refractivity contribution in [1.82, 2.24) is 15.0 Å². The molecular weight excluding hydrogens is 228 g/mol. The lowest BCUT2D eigenvalue weighted by molar-refractivity contribution is 0.974. The van der Waals surface area contributed by atoms with Gasteiger partial charge in [0.05, 0.1) is 6.54 Å². The fourth-order valence-corrected chi connectivity index (χ4v) is 1.61. The van der Waals surface area contributed by atoms with Crippen LogP contribution in [0, 0.1) is 6.92 Å². The molecule has 0 unspecified atom stereocenters. The molecule has 0 radical (unpaired) electrons. The van der Waals surface area contributed by atoms with Crippen molar-refractivity contribution in [2.75, 3.05) is 23.7 Å². The molecule has 0 saturated heterocycles. The summed E-state index contributed by atoms with van der Waals surface area (Å²) in [5.74, 6) is 2.32. The normalized spacial score (nSPS) is 10.3. The maximum atomic E-state index is 5.45. The largest absolute Gasteiger partial charge is 0.369 e. The summed E-state index contributed by atoms with van der Waals surface area (Å²) in [5, 5.41) is 6.40. The van der Waals surface area contributed by atoms with E-state index < -0.39 is 0 Å². The molecule has 5 N–H and O–H groups in total. The molecule has 0 spiro atoms. The molecule has 0 atom stereocenters. The van der Waals surface area contributed by atoms with Crippen LogP contribution in [-0.4, -0.2) is 28.0 Å². The average molecular weight is 246 g/mol. The highest BCUT2D eigenvalue weighted by atomic mass is 15.1. The molecule has 0 aromatic carbocycles. The summed E-state index contributed by atoms with van der Waals surface area (Å²) < 4.78 is 0. The van der Waals surface area contributed by atoms with Crippen molar-refractivity contribution < 1.29 is 0 Å². The topological polar surface area (TPSA) is 91.6 Å². The van der Waals surface area contributed by atoms with Gasteiger partial charge in [-0.3, -0.25) is 0 Å². The van der Waals surface area contributed by atoms with Gasteiger partial charge in [0.15, 0.2) is 0 Å². The van der Waals surface area contributed by atoms with E-state index in [-0.39, 0.29) is 0 Å². The number of hydrogen-bond donors (Lipinski definition) is 4. The molecular formula is C12H18N6.